The molecule has 4 aromatic rings. The highest BCUT2D eigenvalue weighted by Gasteiger charge is 2.29. The number of benzene rings is 2. The second kappa shape index (κ2) is 13.1. The number of aromatic nitrogens is 1. The lowest BCUT2D eigenvalue weighted by molar-refractivity contribution is -0.119. The number of carbonyl (C=O) groups is 2. The molecule has 0 fully saturated rings. The van der Waals surface area contributed by atoms with E-state index >= 15 is 0 Å². The van der Waals surface area contributed by atoms with Crippen molar-refractivity contribution >= 4 is 34.1 Å². The minimum atomic E-state index is -0.386. The maximum atomic E-state index is 13.5. The molecule has 5 rings (SSSR count). The van der Waals surface area contributed by atoms with Gasteiger partial charge in [-0.25, -0.2) is 0 Å². The number of rotatable bonds is 10. The predicted molar refractivity (Wildman–Crippen MR) is 172 cm³/mol. The molecule has 10 nitrogen and oxygen atoms in total. The number of fused-ring (bicyclic) bond motifs is 4. The lowest BCUT2D eigenvalue weighted by Crippen LogP contribution is -2.26. The highest BCUT2D eigenvalue weighted by molar-refractivity contribution is 5.93. The smallest absolute Gasteiger partial charge is 0.224 e. The van der Waals surface area contributed by atoms with Crippen LogP contribution in [0.3, 0.4) is 0 Å². The van der Waals surface area contributed by atoms with E-state index in [-0.39, 0.29) is 23.3 Å². The first-order valence-corrected chi connectivity index (χ1v) is 14.6. The summed E-state index contributed by atoms with van der Waals surface area (Å²) in [7, 11) is 6.66. The second-order valence-corrected chi connectivity index (χ2v) is 10.9. The van der Waals surface area contributed by atoms with E-state index in [1.165, 1.54) is 6.92 Å². The molecule has 0 radical (unpaired) electrons. The van der Waals surface area contributed by atoms with Gasteiger partial charge in [-0.15, -0.1) is 0 Å². The number of methoxy groups -OCH3 is 3. The van der Waals surface area contributed by atoms with Crippen LogP contribution in [0.5, 0.6) is 17.2 Å². The Morgan fingerprint density at radius 3 is 2.50 bits per heavy atom. The van der Waals surface area contributed by atoms with Gasteiger partial charge in [0.2, 0.25) is 23.0 Å². The average molecular weight is 599 g/mol. The molecule has 3 aromatic carbocycles. The molecular formula is C34H38N4O6. The number of aryl methyl sites for hydroxylation is 2. The maximum Gasteiger partial charge on any atom is 0.224 e. The monoisotopic (exact) mass is 598 g/mol. The van der Waals surface area contributed by atoms with Crippen LogP contribution in [-0.2, 0) is 23.1 Å². The van der Waals surface area contributed by atoms with E-state index in [1.54, 1.807) is 33.5 Å². The summed E-state index contributed by atoms with van der Waals surface area (Å²) in [6.45, 7) is 1.89. The van der Waals surface area contributed by atoms with E-state index in [2.05, 4.69) is 16.0 Å². The standard InChI is InChI=1S/C34H38N4O6/c1-20(39)36-26-12-9-22-17-30(42-3)33(43-4)34(44-5)32(22)24-11-13-27(29(40)19-25(24)26)35-15-6-7-31(41)37-23-10-8-21-14-16-38(2)28(21)18-23/h8,10-11,13-14,16-19,26H,6-7,9,12,15H2,1-5H3,(H,35,40)(H,36,39)(H,37,41). The Hall–Kier alpha value is -4.99. The molecule has 1 unspecified atom stereocenters. The summed E-state index contributed by atoms with van der Waals surface area (Å²) in [6.07, 6.45) is 4.00. The molecule has 1 aromatic heterocycles. The molecule has 0 aliphatic heterocycles. The summed E-state index contributed by atoms with van der Waals surface area (Å²) in [5, 5.41) is 10.3. The van der Waals surface area contributed by atoms with Crippen molar-refractivity contribution in [2.45, 2.75) is 38.6 Å². The van der Waals surface area contributed by atoms with E-state index in [1.807, 2.05) is 54.2 Å². The predicted octanol–water partition coefficient (Wildman–Crippen LogP) is 5.19. The van der Waals surface area contributed by atoms with Crippen molar-refractivity contribution < 1.29 is 23.8 Å². The first kappa shape index (κ1) is 30.5. The number of carbonyl (C=O) groups excluding carboxylic acids is 2. The second-order valence-electron chi connectivity index (χ2n) is 10.9. The average Bonchev–Trinajstić information content (AvgIpc) is 3.21. The highest BCUT2D eigenvalue weighted by Crippen LogP contribution is 2.50. The van der Waals surface area contributed by atoms with Gasteiger partial charge in [-0.1, -0.05) is 12.1 Å². The van der Waals surface area contributed by atoms with Crippen LogP contribution in [0, 0.1) is 0 Å². The Balaban J connectivity index is 1.38. The van der Waals surface area contributed by atoms with E-state index in [9.17, 15) is 14.4 Å². The Kier molecular flexibility index (Phi) is 9.08. The first-order chi connectivity index (χ1) is 21.2. The van der Waals surface area contributed by atoms with E-state index in [4.69, 9.17) is 14.2 Å². The summed E-state index contributed by atoms with van der Waals surface area (Å²) in [6, 6.07) is 14.6. The quantitative estimate of drug-likeness (QED) is 0.215. The van der Waals surface area contributed by atoms with Crippen LogP contribution in [0.15, 0.2) is 59.5 Å². The van der Waals surface area contributed by atoms with Gasteiger partial charge < -0.3 is 34.7 Å². The molecule has 1 aliphatic carbocycles. The van der Waals surface area contributed by atoms with Gasteiger partial charge in [-0.2, -0.15) is 0 Å². The Morgan fingerprint density at radius 2 is 1.77 bits per heavy atom. The van der Waals surface area contributed by atoms with Gasteiger partial charge in [0.05, 0.1) is 33.1 Å². The molecule has 3 N–H and O–H groups in total. The molecule has 2 amide bonds. The van der Waals surface area contributed by atoms with Crippen LogP contribution >= 0.6 is 0 Å². The lowest BCUT2D eigenvalue weighted by Gasteiger charge is -2.19. The number of hydrogen-bond acceptors (Lipinski definition) is 7. The van der Waals surface area contributed by atoms with E-state index in [0.29, 0.717) is 60.7 Å². The molecule has 44 heavy (non-hydrogen) atoms. The van der Waals surface area contributed by atoms with Crippen LogP contribution in [-0.4, -0.2) is 44.3 Å². The van der Waals surface area contributed by atoms with Crippen molar-refractivity contribution in [3.8, 4) is 28.4 Å². The number of amides is 2. The van der Waals surface area contributed by atoms with Crippen LogP contribution in [0.1, 0.15) is 43.4 Å². The molecular weight excluding hydrogens is 560 g/mol. The summed E-state index contributed by atoms with van der Waals surface area (Å²) in [5.41, 5.74) is 5.17. The summed E-state index contributed by atoms with van der Waals surface area (Å²) < 4.78 is 19.1. The molecule has 0 saturated heterocycles. The third-order valence-electron chi connectivity index (χ3n) is 7.98. The third-order valence-corrected chi connectivity index (χ3v) is 7.98. The van der Waals surface area contributed by atoms with E-state index in [0.717, 1.165) is 33.3 Å². The Morgan fingerprint density at radius 1 is 0.977 bits per heavy atom. The van der Waals surface area contributed by atoms with Gasteiger partial charge in [0.15, 0.2) is 11.5 Å². The van der Waals surface area contributed by atoms with Crippen LogP contribution < -0.4 is 35.6 Å². The molecule has 0 saturated carbocycles. The van der Waals surface area contributed by atoms with Gasteiger partial charge in [0.1, 0.15) is 0 Å². The van der Waals surface area contributed by atoms with Crippen molar-refractivity contribution in [1.82, 2.24) is 9.88 Å². The maximum absolute atomic E-state index is 13.5. The first-order valence-electron chi connectivity index (χ1n) is 14.6. The summed E-state index contributed by atoms with van der Waals surface area (Å²) in [4.78, 5) is 38.3. The van der Waals surface area contributed by atoms with Crippen LogP contribution in [0.4, 0.5) is 11.4 Å². The zero-order chi connectivity index (χ0) is 31.4. The summed E-state index contributed by atoms with van der Waals surface area (Å²) in [5.74, 6) is 1.20. The Labute approximate surface area is 256 Å². The normalized spacial score (nSPS) is 13.7. The zero-order valence-electron chi connectivity index (χ0n) is 25.7. The fraction of sp³-hybridized carbons (Fsp3) is 0.324. The van der Waals surface area contributed by atoms with Crippen molar-refractivity contribution in [2.75, 3.05) is 38.5 Å². The number of nitrogens with one attached hydrogen (secondary N) is 3. The molecule has 10 heteroatoms. The van der Waals surface area contributed by atoms with Gasteiger partial charge in [0, 0.05) is 49.9 Å². The third kappa shape index (κ3) is 6.20. The molecule has 1 aliphatic rings. The largest absolute Gasteiger partial charge is 0.493 e. The van der Waals surface area contributed by atoms with Gasteiger partial charge in [-0.05, 0) is 77.7 Å². The number of ether oxygens (including phenoxy) is 3. The fourth-order valence-electron chi connectivity index (χ4n) is 5.89. The van der Waals surface area contributed by atoms with Crippen molar-refractivity contribution in [1.29, 1.82) is 0 Å². The van der Waals surface area contributed by atoms with Gasteiger partial charge in [-0.3, -0.25) is 14.4 Å². The van der Waals surface area contributed by atoms with Gasteiger partial charge in [0.25, 0.3) is 0 Å². The number of hydrogen-bond donors (Lipinski definition) is 3. The minimum Gasteiger partial charge on any atom is -0.493 e. The van der Waals surface area contributed by atoms with Gasteiger partial charge >= 0.3 is 0 Å². The summed E-state index contributed by atoms with van der Waals surface area (Å²) >= 11 is 0. The Bertz CT molecular complexity index is 1780. The molecule has 1 heterocycles. The molecule has 0 bridgehead atoms. The highest BCUT2D eigenvalue weighted by atomic mass is 16.5. The van der Waals surface area contributed by atoms with Crippen molar-refractivity contribution in [3.05, 3.63) is 76.1 Å². The van der Waals surface area contributed by atoms with Crippen LogP contribution in [0.25, 0.3) is 22.0 Å². The fourth-order valence-corrected chi connectivity index (χ4v) is 5.89. The van der Waals surface area contributed by atoms with E-state index < -0.39 is 0 Å². The molecule has 1 atom stereocenters. The molecule has 230 valence electrons. The van der Waals surface area contributed by atoms with Crippen molar-refractivity contribution in [2.24, 2.45) is 7.05 Å². The zero-order valence-corrected chi connectivity index (χ0v) is 25.7. The minimum absolute atomic E-state index is 0.0979. The molecule has 0 spiro atoms. The SMILES string of the molecule is COc1cc2c(c(OC)c1OC)-c1ccc(NCCCC(=O)Nc3ccc4ccn(C)c4c3)c(=O)cc1C(NC(C)=O)CC2. The number of nitrogens with zero attached hydrogens (tertiary/aromatic N) is 1. The topological polar surface area (TPSA) is 120 Å². The lowest BCUT2D eigenvalue weighted by atomic mass is 9.95. The van der Waals surface area contributed by atoms with Crippen molar-refractivity contribution in [3.63, 3.8) is 0 Å². The van der Waals surface area contributed by atoms with Crippen LogP contribution in [0.2, 0.25) is 0 Å². The number of anilines is 2.